The van der Waals surface area contributed by atoms with Crippen molar-refractivity contribution in [1.29, 1.82) is 0 Å². The van der Waals surface area contributed by atoms with Crippen LogP contribution in [-0.2, 0) is 14.3 Å². The van der Waals surface area contributed by atoms with E-state index in [4.69, 9.17) is 29.5 Å². The molecule has 3 aromatic rings. The molecule has 0 unspecified atom stereocenters. The molecule has 4 heterocycles. The second kappa shape index (κ2) is 13.0. The summed E-state index contributed by atoms with van der Waals surface area (Å²) in [6.07, 6.45) is 6.14. The summed E-state index contributed by atoms with van der Waals surface area (Å²) in [5.41, 5.74) is 2.06. The SMILES string of the molecule is CCN1CCN(c2nc(C=Cc3ccc(N4CCOCC4)nc3)cc3ccccc23)CC1.O=C(O)C(=O)O. The number of hydrogen-bond donors (Lipinski definition) is 2. The summed E-state index contributed by atoms with van der Waals surface area (Å²) < 4.78 is 5.43. The monoisotopic (exact) mass is 519 g/mol. The van der Waals surface area contributed by atoms with Gasteiger partial charge in [-0.3, -0.25) is 0 Å². The summed E-state index contributed by atoms with van der Waals surface area (Å²) in [5.74, 6) is -1.54. The van der Waals surface area contributed by atoms with Crippen molar-refractivity contribution in [2.75, 3.05) is 68.8 Å². The van der Waals surface area contributed by atoms with Crippen LogP contribution in [-0.4, -0.2) is 96.0 Å². The standard InChI is InChI=1S/C26H31N5O.C2H2O4/c1-2-29-11-13-31(14-12-29)26-24-6-4-3-5-22(24)19-23(28-26)9-7-21-8-10-25(27-20-21)30-15-17-32-18-16-30;3-1(4)2(5)6/h3-10,19-20H,2,11-18H2,1H3;(H,3,4)(H,5,6). The molecule has 2 fully saturated rings. The zero-order valence-corrected chi connectivity index (χ0v) is 21.5. The van der Waals surface area contributed by atoms with Crippen LogP contribution in [0.3, 0.4) is 0 Å². The number of hydrogen-bond acceptors (Lipinski definition) is 8. The van der Waals surface area contributed by atoms with Crippen LogP contribution < -0.4 is 9.80 Å². The van der Waals surface area contributed by atoms with Crippen LogP contribution in [0, 0.1) is 0 Å². The Morgan fingerprint density at radius 2 is 1.63 bits per heavy atom. The maximum absolute atomic E-state index is 9.10. The van der Waals surface area contributed by atoms with Gasteiger partial charge >= 0.3 is 11.9 Å². The maximum Gasteiger partial charge on any atom is 0.414 e. The third kappa shape index (κ3) is 7.05. The predicted molar refractivity (Wildman–Crippen MR) is 148 cm³/mol. The van der Waals surface area contributed by atoms with Crippen LogP contribution in [0.25, 0.3) is 22.9 Å². The third-order valence-corrected chi connectivity index (χ3v) is 6.59. The Balaban J connectivity index is 0.000000505. The van der Waals surface area contributed by atoms with Crippen LogP contribution in [0.1, 0.15) is 18.2 Å². The first-order valence-electron chi connectivity index (χ1n) is 12.7. The number of carboxylic acids is 2. The highest BCUT2D eigenvalue weighted by Gasteiger charge is 2.19. The zero-order chi connectivity index (χ0) is 26.9. The molecule has 2 aliphatic rings. The molecule has 2 N–H and O–H groups in total. The molecule has 200 valence electrons. The molecule has 10 heteroatoms. The lowest BCUT2D eigenvalue weighted by atomic mass is 10.1. The Morgan fingerprint density at radius 3 is 2.26 bits per heavy atom. The summed E-state index contributed by atoms with van der Waals surface area (Å²) >= 11 is 0. The number of pyridine rings is 2. The highest BCUT2D eigenvalue weighted by Crippen LogP contribution is 2.27. The number of carboxylic acid groups (broad SMARTS) is 2. The fraction of sp³-hybridized carbons (Fsp3) is 0.357. The Hall–Kier alpha value is -4.02. The molecular formula is C28H33N5O5. The Morgan fingerprint density at radius 1 is 0.921 bits per heavy atom. The summed E-state index contributed by atoms with van der Waals surface area (Å²) in [5, 5.41) is 17.2. The molecule has 0 aliphatic carbocycles. The van der Waals surface area contributed by atoms with Crippen LogP contribution in [0.15, 0.2) is 48.7 Å². The minimum atomic E-state index is -1.82. The number of morpholine rings is 1. The summed E-state index contributed by atoms with van der Waals surface area (Å²) in [4.78, 5) is 35.1. The fourth-order valence-electron chi connectivity index (χ4n) is 4.46. The van der Waals surface area contributed by atoms with Gasteiger partial charge in [-0.25, -0.2) is 19.6 Å². The number of benzene rings is 1. The number of piperazine rings is 1. The van der Waals surface area contributed by atoms with E-state index >= 15 is 0 Å². The van der Waals surface area contributed by atoms with Gasteiger partial charge in [-0.05, 0) is 41.8 Å². The molecular weight excluding hydrogens is 486 g/mol. The molecule has 2 saturated heterocycles. The second-order valence-electron chi connectivity index (χ2n) is 9.01. The molecule has 0 radical (unpaired) electrons. The number of fused-ring (bicyclic) bond motifs is 1. The first-order valence-corrected chi connectivity index (χ1v) is 12.7. The van der Waals surface area contributed by atoms with Gasteiger partial charge in [0.05, 0.1) is 18.9 Å². The topological polar surface area (TPSA) is 119 Å². The predicted octanol–water partition coefficient (Wildman–Crippen LogP) is 2.93. The van der Waals surface area contributed by atoms with Gasteiger partial charge in [-0.15, -0.1) is 0 Å². The van der Waals surface area contributed by atoms with Crippen molar-refractivity contribution in [1.82, 2.24) is 14.9 Å². The van der Waals surface area contributed by atoms with Crippen LogP contribution in [0.5, 0.6) is 0 Å². The van der Waals surface area contributed by atoms with E-state index in [-0.39, 0.29) is 0 Å². The number of nitrogens with zero attached hydrogens (tertiary/aromatic N) is 5. The number of aromatic nitrogens is 2. The van der Waals surface area contributed by atoms with Crippen molar-refractivity contribution in [3.63, 3.8) is 0 Å². The Labute approximate surface area is 221 Å². The Kier molecular flexibility index (Phi) is 9.23. The lowest BCUT2D eigenvalue weighted by Gasteiger charge is -2.35. The van der Waals surface area contributed by atoms with E-state index in [9.17, 15) is 0 Å². The van der Waals surface area contributed by atoms with E-state index < -0.39 is 11.9 Å². The van der Waals surface area contributed by atoms with E-state index in [0.29, 0.717) is 0 Å². The average molecular weight is 520 g/mol. The van der Waals surface area contributed by atoms with Gasteiger partial charge in [0.25, 0.3) is 0 Å². The molecule has 0 atom stereocenters. The van der Waals surface area contributed by atoms with Gasteiger partial charge in [-0.1, -0.05) is 37.3 Å². The number of ether oxygens (including phenoxy) is 1. The molecule has 1 aromatic carbocycles. The molecule has 0 amide bonds. The number of anilines is 2. The highest BCUT2D eigenvalue weighted by atomic mass is 16.5. The quantitative estimate of drug-likeness (QED) is 0.487. The van der Waals surface area contributed by atoms with Crippen LogP contribution in [0.4, 0.5) is 11.6 Å². The molecule has 0 spiro atoms. The van der Waals surface area contributed by atoms with Gasteiger partial charge in [0.15, 0.2) is 0 Å². The summed E-state index contributed by atoms with van der Waals surface area (Å²) in [6.45, 7) is 10.9. The van der Waals surface area contributed by atoms with Crippen molar-refractivity contribution in [2.45, 2.75) is 6.92 Å². The highest BCUT2D eigenvalue weighted by molar-refractivity contribution is 6.27. The van der Waals surface area contributed by atoms with E-state index in [1.165, 1.54) is 10.8 Å². The van der Waals surface area contributed by atoms with Crippen LogP contribution in [0.2, 0.25) is 0 Å². The first-order chi connectivity index (χ1) is 18.4. The van der Waals surface area contributed by atoms with Crippen molar-refractivity contribution in [3.05, 3.63) is 59.9 Å². The van der Waals surface area contributed by atoms with E-state index in [0.717, 1.165) is 81.9 Å². The minimum Gasteiger partial charge on any atom is -0.473 e. The lowest BCUT2D eigenvalue weighted by Crippen LogP contribution is -2.46. The van der Waals surface area contributed by atoms with Gasteiger partial charge in [0.2, 0.25) is 0 Å². The zero-order valence-electron chi connectivity index (χ0n) is 21.5. The van der Waals surface area contributed by atoms with Gasteiger partial charge in [0, 0.05) is 50.9 Å². The van der Waals surface area contributed by atoms with E-state index in [1.54, 1.807) is 0 Å². The largest absolute Gasteiger partial charge is 0.473 e. The number of aliphatic carboxylic acids is 2. The summed E-state index contributed by atoms with van der Waals surface area (Å²) in [6, 6.07) is 15.0. The number of likely N-dealkylation sites (N-methyl/N-ethyl adjacent to an activating group) is 1. The van der Waals surface area contributed by atoms with Crippen molar-refractivity contribution in [2.24, 2.45) is 0 Å². The van der Waals surface area contributed by atoms with Crippen LogP contribution >= 0.6 is 0 Å². The minimum absolute atomic E-state index is 0.771. The fourth-order valence-corrected chi connectivity index (χ4v) is 4.46. The van der Waals surface area contributed by atoms with Gasteiger partial charge < -0.3 is 29.6 Å². The van der Waals surface area contributed by atoms with Gasteiger partial charge in [-0.2, -0.15) is 0 Å². The van der Waals surface area contributed by atoms with Gasteiger partial charge in [0.1, 0.15) is 11.6 Å². The molecule has 38 heavy (non-hydrogen) atoms. The third-order valence-electron chi connectivity index (χ3n) is 6.59. The van der Waals surface area contributed by atoms with E-state index in [2.05, 4.69) is 81.2 Å². The smallest absolute Gasteiger partial charge is 0.414 e. The molecule has 10 nitrogen and oxygen atoms in total. The number of rotatable bonds is 5. The lowest BCUT2D eigenvalue weighted by molar-refractivity contribution is -0.159. The maximum atomic E-state index is 9.10. The number of carbonyl (C=O) groups is 2. The average Bonchev–Trinajstić information content (AvgIpc) is 2.96. The molecule has 0 saturated carbocycles. The molecule has 2 aliphatic heterocycles. The first kappa shape index (κ1) is 27.0. The van der Waals surface area contributed by atoms with E-state index in [1.807, 2.05) is 6.20 Å². The molecule has 5 rings (SSSR count). The molecule has 0 bridgehead atoms. The summed E-state index contributed by atoms with van der Waals surface area (Å²) in [7, 11) is 0. The normalized spacial score (nSPS) is 16.3. The van der Waals surface area contributed by atoms with Crippen molar-refractivity contribution < 1.29 is 24.5 Å². The second-order valence-corrected chi connectivity index (χ2v) is 9.01. The Bertz CT molecular complexity index is 1250. The van der Waals surface area contributed by atoms with Crippen molar-refractivity contribution >= 4 is 46.5 Å². The van der Waals surface area contributed by atoms with Crippen molar-refractivity contribution in [3.8, 4) is 0 Å². The molecule has 2 aromatic heterocycles.